The molecule has 0 bridgehead atoms. The van der Waals surface area contributed by atoms with Crippen LogP contribution in [0.25, 0.3) is 91.5 Å². The minimum Gasteiger partial charge on any atom is -0.310 e. The molecule has 3 heteroatoms. The third-order valence-corrected chi connectivity index (χ3v) is 13.1. The molecule has 0 unspecified atom stereocenters. The number of anilines is 3. The molecule has 59 heavy (non-hydrogen) atoms. The molecular weight excluding hydrogens is 733 g/mol. The summed E-state index contributed by atoms with van der Waals surface area (Å²) in [4.78, 5) is 2.44. The lowest BCUT2D eigenvalue weighted by Crippen LogP contribution is -2.10. The average molecular weight is 769 g/mol. The van der Waals surface area contributed by atoms with Crippen molar-refractivity contribution < 1.29 is 0 Å². The Morgan fingerprint density at radius 2 is 1.02 bits per heavy atom. The molecule has 12 rings (SSSR count). The summed E-state index contributed by atoms with van der Waals surface area (Å²) < 4.78 is 5.08. The zero-order chi connectivity index (χ0) is 38.9. The standard InChI is InChI=1S/C56H36N2S/c1-2-15-38(16-3-1)45-26-13-19-39-31-33-52-56(55(39)45)47-25-7-10-28-51(47)58(52)50-27-9-6-23-44(50)40-20-12-21-41(35-40)57(49-29-14-18-37-17-4-5-22-43(37)49)42-32-34-54-48(36-42)46-24-8-11-30-53(46)59-54/h1-36H. The van der Waals surface area contributed by atoms with Gasteiger partial charge in [0.05, 0.1) is 22.4 Å². The lowest BCUT2D eigenvalue weighted by molar-refractivity contribution is 1.18. The first-order valence-corrected chi connectivity index (χ1v) is 21.0. The van der Waals surface area contributed by atoms with E-state index in [0.717, 1.165) is 28.3 Å². The molecule has 0 spiro atoms. The van der Waals surface area contributed by atoms with Crippen molar-refractivity contribution in [1.82, 2.24) is 4.57 Å². The number of aromatic nitrogens is 1. The van der Waals surface area contributed by atoms with E-state index >= 15 is 0 Å². The second-order valence-electron chi connectivity index (χ2n) is 15.3. The van der Waals surface area contributed by atoms with Crippen molar-refractivity contribution in [1.29, 1.82) is 0 Å². The maximum absolute atomic E-state index is 2.48. The highest BCUT2D eigenvalue weighted by Gasteiger charge is 2.21. The smallest absolute Gasteiger partial charge is 0.0548 e. The number of fused-ring (bicyclic) bond motifs is 9. The predicted octanol–water partition coefficient (Wildman–Crippen LogP) is 16.3. The van der Waals surface area contributed by atoms with Crippen LogP contribution in [0.3, 0.4) is 0 Å². The zero-order valence-electron chi connectivity index (χ0n) is 32.1. The molecule has 0 aliphatic rings. The fourth-order valence-electron chi connectivity index (χ4n) is 9.36. The van der Waals surface area contributed by atoms with Crippen molar-refractivity contribution in [2.24, 2.45) is 0 Å². The second-order valence-corrected chi connectivity index (χ2v) is 16.3. The zero-order valence-corrected chi connectivity index (χ0v) is 32.9. The Balaban J connectivity index is 1.08. The van der Waals surface area contributed by atoms with Gasteiger partial charge in [-0.15, -0.1) is 11.3 Å². The van der Waals surface area contributed by atoms with Crippen molar-refractivity contribution in [2.45, 2.75) is 0 Å². The number of hydrogen-bond donors (Lipinski definition) is 0. The van der Waals surface area contributed by atoms with Gasteiger partial charge in [-0.25, -0.2) is 0 Å². The van der Waals surface area contributed by atoms with Gasteiger partial charge in [0.1, 0.15) is 0 Å². The molecule has 0 aliphatic carbocycles. The Morgan fingerprint density at radius 1 is 0.356 bits per heavy atom. The summed E-state index contributed by atoms with van der Waals surface area (Å²) >= 11 is 1.86. The Hall–Kier alpha value is -7.46. The van der Waals surface area contributed by atoms with Gasteiger partial charge >= 0.3 is 0 Å². The van der Waals surface area contributed by atoms with E-state index in [2.05, 4.69) is 228 Å². The first-order valence-electron chi connectivity index (χ1n) is 20.2. The minimum atomic E-state index is 1.10. The van der Waals surface area contributed by atoms with E-state index in [-0.39, 0.29) is 0 Å². The van der Waals surface area contributed by atoms with E-state index in [9.17, 15) is 0 Å². The normalized spacial score (nSPS) is 11.7. The van der Waals surface area contributed by atoms with Crippen LogP contribution < -0.4 is 4.90 Å². The largest absolute Gasteiger partial charge is 0.310 e. The fourth-order valence-corrected chi connectivity index (χ4v) is 10.5. The van der Waals surface area contributed by atoms with Crippen molar-refractivity contribution >= 4 is 91.9 Å². The molecular formula is C56H36N2S. The number of nitrogens with zero attached hydrogens (tertiary/aromatic N) is 2. The fraction of sp³-hybridized carbons (Fsp3) is 0. The molecule has 10 aromatic carbocycles. The maximum Gasteiger partial charge on any atom is 0.0548 e. The molecule has 0 aliphatic heterocycles. The summed E-state index contributed by atoms with van der Waals surface area (Å²) in [6, 6.07) is 80.0. The van der Waals surface area contributed by atoms with Crippen LogP contribution in [0, 0.1) is 0 Å². The SMILES string of the molecule is c1ccc(-c2cccc3ccc4c(c5ccccc5n4-c4ccccc4-c4cccc(N(c5ccc6sc7ccccc7c6c5)c5cccc6ccccc56)c4)c23)cc1. The molecule has 2 aromatic heterocycles. The van der Waals surface area contributed by atoms with Gasteiger partial charge in [-0.3, -0.25) is 0 Å². The molecule has 0 fully saturated rings. The molecule has 0 saturated carbocycles. The molecule has 0 amide bonds. The van der Waals surface area contributed by atoms with Crippen molar-refractivity contribution in [2.75, 3.05) is 4.90 Å². The third-order valence-electron chi connectivity index (χ3n) is 11.9. The summed E-state index contributed by atoms with van der Waals surface area (Å²) in [7, 11) is 0. The number of hydrogen-bond acceptors (Lipinski definition) is 2. The molecule has 0 saturated heterocycles. The molecule has 12 aromatic rings. The van der Waals surface area contributed by atoms with Crippen LogP contribution in [0.15, 0.2) is 218 Å². The Labute approximate surface area is 346 Å². The van der Waals surface area contributed by atoms with Crippen LogP contribution in [0.1, 0.15) is 0 Å². The minimum absolute atomic E-state index is 1.10. The lowest BCUT2D eigenvalue weighted by atomic mass is 9.94. The third kappa shape index (κ3) is 5.40. The molecule has 2 nitrogen and oxygen atoms in total. The van der Waals surface area contributed by atoms with Crippen molar-refractivity contribution in [3.63, 3.8) is 0 Å². The lowest BCUT2D eigenvalue weighted by Gasteiger charge is -2.27. The Kier molecular flexibility index (Phi) is 7.75. The van der Waals surface area contributed by atoms with Gasteiger partial charge in [-0.1, -0.05) is 158 Å². The van der Waals surface area contributed by atoms with Gasteiger partial charge < -0.3 is 9.47 Å². The summed E-state index contributed by atoms with van der Waals surface area (Å²) in [5, 5.41) is 10.1. The quantitative estimate of drug-likeness (QED) is 0.164. The Bertz CT molecular complexity index is 3570. The molecule has 0 N–H and O–H groups in total. The monoisotopic (exact) mass is 768 g/mol. The topological polar surface area (TPSA) is 8.17 Å². The van der Waals surface area contributed by atoms with Crippen LogP contribution in [-0.2, 0) is 0 Å². The summed E-state index contributed by atoms with van der Waals surface area (Å²) in [6.45, 7) is 0. The average Bonchev–Trinajstić information content (AvgIpc) is 3.85. The molecule has 2 heterocycles. The summed E-state index contributed by atoms with van der Waals surface area (Å²) in [5.41, 5.74) is 11.7. The highest BCUT2D eigenvalue weighted by Crippen LogP contribution is 2.46. The van der Waals surface area contributed by atoms with E-state index in [1.165, 1.54) is 80.2 Å². The maximum atomic E-state index is 2.48. The van der Waals surface area contributed by atoms with Crippen LogP contribution in [0.5, 0.6) is 0 Å². The van der Waals surface area contributed by atoms with Crippen LogP contribution in [0.2, 0.25) is 0 Å². The van der Waals surface area contributed by atoms with Gasteiger partial charge in [-0.2, -0.15) is 0 Å². The van der Waals surface area contributed by atoms with Gasteiger partial charge in [0.2, 0.25) is 0 Å². The van der Waals surface area contributed by atoms with Gasteiger partial charge in [-0.05, 0) is 93.5 Å². The van der Waals surface area contributed by atoms with Crippen LogP contribution >= 0.6 is 11.3 Å². The number of para-hydroxylation sites is 2. The second kappa shape index (κ2) is 13.6. The van der Waals surface area contributed by atoms with Crippen molar-refractivity contribution in [3.05, 3.63) is 218 Å². The predicted molar refractivity (Wildman–Crippen MR) is 254 cm³/mol. The molecule has 276 valence electrons. The first kappa shape index (κ1) is 33.7. The van der Waals surface area contributed by atoms with Gasteiger partial charge in [0, 0.05) is 53.3 Å². The number of thiophene rings is 1. The Morgan fingerprint density at radius 3 is 1.95 bits per heavy atom. The van der Waals surface area contributed by atoms with E-state index in [4.69, 9.17) is 0 Å². The number of benzene rings is 10. The van der Waals surface area contributed by atoms with Gasteiger partial charge in [0.25, 0.3) is 0 Å². The highest BCUT2D eigenvalue weighted by atomic mass is 32.1. The molecule has 0 radical (unpaired) electrons. The van der Waals surface area contributed by atoms with Crippen molar-refractivity contribution in [3.8, 4) is 27.9 Å². The highest BCUT2D eigenvalue weighted by molar-refractivity contribution is 7.25. The molecule has 0 atom stereocenters. The summed E-state index contributed by atoms with van der Waals surface area (Å²) in [5.74, 6) is 0. The van der Waals surface area contributed by atoms with E-state index in [1.807, 2.05) is 11.3 Å². The van der Waals surface area contributed by atoms with Crippen LogP contribution in [0.4, 0.5) is 17.1 Å². The summed E-state index contributed by atoms with van der Waals surface area (Å²) in [6.07, 6.45) is 0. The van der Waals surface area contributed by atoms with Crippen LogP contribution in [-0.4, -0.2) is 4.57 Å². The van der Waals surface area contributed by atoms with E-state index in [0.29, 0.717) is 0 Å². The van der Waals surface area contributed by atoms with E-state index < -0.39 is 0 Å². The van der Waals surface area contributed by atoms with Gasteiger partial charge in [0.15, 0.2) is 0 Å². The first-order chi connectivity index (χ1) is 29.3. The van der Waals surface area contributed by atoms with E-state index in [1.54, 1.807) is 0 Å². The number of rotatable bonds is 6.